The van der Waals surface area contributed by atoms with E-state index in [0.717, 1.165) is 5.56 Å². The van der Waals surface area contributed by atoms with Crippen LogP contribution in [0.5, 0.6) is 5.75 Å². The highest BCUT2D eigenvalue weighted by Gasteiger charge is 2.28. The van der Waals surface area contributed by atoms with Crippen LogP contribution in [0.2, 0.25) is 0 Å². The summed E-state index contributed by atoms with van der Waals surface area (Å²) in [5, 5.41) is 11.3. The van der Waals surface area contributed by atoms with E-state index in [-0.39, 0.29) is 41.2 Å². The van der Waals surface area contributed by atoms with Gasteiger partial charge in [0.15, 0.2) is 12.6 Å². The summed E-state index contributed by atoms with van der Waals surface area (Å²) < 4.78 is 64.1. The molecule has 0 aliphatic rings. The number of alkyl halides is 3. The molecule has 2 aromatic rings. The average Bonchev–Trinajstić information content (AvgIpc) is 2.68. The minimum absolute atomic E-state index is 0. The van der Waals surface area contributed by atoms with Crippen molar-refractivity contribution >= 4 is 40.0 Å². The molecule has 0 radical (unpaired) electrons. The van der Waals surface area contributed by atoms with Gasteiger partial charge in [-0.15, -0.1) is 24.0 Å². The number of sulfonamides is 1. The molecule has 2 aromatic carbocycles. The molecule has 172 valence electrons. The smallest absolute Gasteiger partial charge is 0.422 e. The fourth-order valence-electron chi connectivity index (χ4n) is 2.39. The molecule has 31 heavy (non-hydrogen) atoms. The molecule has 0 heterocycles. The summed E-state index contributed by atoms with van der Waals surface area (Å²) >= 11 is 0. The van der Waals surface area contributed by atoms with Crippen molar-refractivity contribution in [1.29, 1.82) is 0 Å². The van der Waals surface area contributed by atoms with Crippen molar-refractivity contribution in [2.45, 2.75) is 31.1 Å². The summed E-state index contributed by atoms with van der Waals surface area (Å²) in [6.07, 6.45) is -4.38. The van der Waals surface area contributed by atoms with Crippen LogP contribution < -0.4 is 20.5 Å². The zero-order valence-electron chi connectivity index (χ0n) is 16.6. The maximum atomic E-state index is 12.2. The number of guanidine groups is 1. The second kappa shape index (κ2) is 12.1. The predicted octanol–water partition coefficient (Wildman–Crippen LogP) is 3.15. The fourth-order valence-corrected chi connectivity index (χ4v) is 2.97. The lowest BCUT2D eigenvalue weighted by Crippen LogP contribution is -2.36. The molecule has 0 spiro atoms. The molecule has 0 amide bonds. The number of hydrogen-bond acceptors (Lipinski definition) is 4. The first-order valence-corrected chi connectivity index (χ1v) is 10.5. The van der Waals surface area contributed by atoms with E-state index in [1.165, 1.54) is 24.3 Å². The summed E-state index contributed by atoms with van der Waals surface area (Å²) in [4.78, 5) is 4.42. The summed E-state index contributed by atoms with van der Waals surface area (Å²) in [5.74, 6) is 0.627. The van der Waals surface area contributed by atoms with Gasteiger partial charge in [0.05, 0.1) is 11.4 Å². The third kappa shape index (κ3) is 10.2. The number of hydrogen-bond donors (Lipinski definition) is 3. The van der Waals surface area contributed by atoms with Gasteiger partial charge < -0.3 is 15.4 Å². The SMILES string of the molecule is CCNC(=NCc1cccc(S(N)(=O)=O)c1)NCc1ccc(OCC(F)(F)F)cc1.I. The maximum Gasteiger partial charge on any atom is 0.422 e. The lowest BCUT2D eigenvalue weighted by molar-refractivity contribution is -0.153. The van der Waals surface area contributed by atoms with Crippen molar-refractivity contribution in [3.8, 4) is 5.75 Å². The van der Waals surface area contributed by atoms with Crippen LogP contribution in [0.1, 0.15) is 18.1 Å². The van der Waals surface area contributed by atoms with Gasteiger partial charge in [-0.25, -0.2) is 18.5 Å². The van der Waals surface area contributed by atoms with E-state index < -0.39 is 22.8 Å². The van der Waals surface area contributed by atoms with E-state index in [1.54, 1.807) is 24.3 Å². The molecular formula is C19H24F3IN4O3S. The molecule has 4 N–H and O–H groups in total. The molecule has 0 saturated carbocycles. The second-order valence-electron chi connectivity index (χ2n) is 6.29. The number of ether oxygens (including phenoxy) is 1. The van der Waals surface area contributed by atoms with Crippen molar-refractivity contribution in [3.63, 3.8) is 0 Å². The van der Waals surface area contributed by atoms with E-state index in [9.17, 15) is 21.6 Å². The number of nitrogens with one attached hydrogen (secondary N) is 2. The van der Waals surface area contributed by atoms with Crippen molar-refractivity contribution in [2.24, 2.45) is 10.1 Å². The number of nitrogens with zero attached hydrogens (tertiary/aromatic N) is 1. The molecule has 0 saturated heterocycles. The lowest BCUT2D eigenvalue weighted by Gasteiger charge is -2.12. The van der Waals surface area contributed by atoms with Crippen LogP contribution in [0.4, 0.5) is 13.2 Å². The van der Waals surface area contributed by atoms with E-state index in [1.807, 2.05) is 6.92 Å². The minimum Gasteiger partial charge on any atom is -0.484 e. The van der Waals surface area contributed by atoms with Gasteiger partial charge in [0.25, 0.3) is 0 Å². The molecule has 2 rings (SSSR count). The monoisotopic (exact) mass is 572 g/mol. The molecule has 0 unspecified atom stereocenters. The van der Waals surface area contributed by atoms with Gasteiger partial charge in [0, 0.05) is 13.1 Å². The van der Waals surface area contributed by atoms with Crippen LogP contribution in [-0.2, 0) is 23.1 Å². The first-order chi connectivity index (χ1) is 14.1. The normalized spacial score (nSPS) is 12.1. The number of aliphatic imine (C=N–C) groups is 1. The average molecular weight is 572 g/mol. The largest absolute Gasteiger partial charge is 0.484 e. The summed E-state index contributed by atoms with van der Waals surface area (Å²) in [6, 6.07) is 12.4. The highest BCUT2D eigenvalue weighted by Crippen LogP contribution is 2.18. The van der Waals surface area contributed by atoms with Crippen LogP contribution >= 0.6 is 24.0 Å². The predicted molar refractivity (Wildman–Crippen MR) is 123 cm³/mol. The Hall–Kier alpha value is -2.06. The molecule has 7 nitrogen and oxygen atoms in total. The Morgan fingerprint density at radius 2 is 1.77 bits per heavy atom. The van der Waals surface area contributed by atoms with Crippen molar-refractivity contribution in [1.82, 2.24) is 10.6 Å². The van der Waals surface area contributed by atoms with Gasteiger partial charge in [-0.3, -0.25) is 0 Å². The third-order valence-corrected chi connectivity index (χ3v) is 4.69. The van der Waals surface area contributed by atoms with Crippen molar-refractivity contribution in [2.75, 3.05) is 13.2 Å². The fraction of sp³-hybridized carbons (Fsp3) is 0.316. The van der Waals surface area contributed by atoms with Gasteiger partial charge in [-0.2, -0.15) is 13.2 Å². The zero-order chi connectivity index (χ0) is 22.2. The van der Waals surface area contributed by atoms with Gasteiger partial charge in [0.1, 0.15) is 5.75 Å². The van der Waals surface area contributed by atoms with Crippen LogP contribution in [0, 0.1) is 0 Å². The molecule has 12 heteroatoms. The number of rotatable bonds is 8. The highest BCUT2D eigenvalue weighted by molar-refractivity contribution is 14.0. The van der Waals surface area contributed by atoms with Crippen molar-refractivity contribution in [3.05, 3.63) is 59.7 Å². The highest BCUT2D eigenvalue weighted by atomic mass is 127. The van der Waals surface area contributed by atoms with E-state index in [4.69, 9.17) is 5.14 Å². The van der Waals surface area contributed by atoms with Gasteiger partial charge in [0.2, 0.25) is 10.0 Å². The minimum atomic E-state index is -4.38. The first kappa shape index (κ1) is 27.0. The molecule has 0 fully saturated rings. The maximum absolute atomic E-state index is 12.2. The van der Waals surface area contributed by atoms with E-state index in [0.29, 0.717) is 24.6 Å². The Labute approximate surface area is 196 Å². The summed E-state index contributed by atoms with van der Waals surface area (Å²) in [5.41, 5.74) is 1.49. The van der Waals surface area contributed by atoms with Crippen LogP contribution in [0.15, 0.2) is 58.4 Å². The van der Waals surface area contributed by atoms with E-state index >= 15 is 0 Å². The standard InChI is InChI=1S/C19H23F3N4O3S.HI/c1-2-24-18(26-12-15-4-3-5-17(10-15)30(23,27)28)25-11-14-6-8-16(9-7-14)29-13-19(20,21)22;/h3-10H,2,11-13H2,1H3,(H2,23,27,28)(H2,24,25,26);1H. The molecule has 0 aliphatic heterocycles. The van der Waals surface area contributed by atoms with Crippen LogP contribution in [0.25, 0.3) is 0 Å². The molecule has 0 atom stereocenters. The Morgan fingerprint density at radius 1 is 1.10 bits per heavy atom. The lowest BCUT2D eigenvalue weighted by atomic mass is 10.2. The number of nitrogens with two attached hydrogens (primary N) is 1. The first-order valence-electron chi connectivity index (χ1n) is 8.99. The Balaban J connectivity index is 0.00000480. The van der Waals surface area contributed by atoms with Gasteiger partial charge in [-0.1, -0.05) is 24.3 Å². The number of benzene rings is 2. The van der Waals surface area contributed by atoms with Crippen molar-refractivity contribution < 1.29 is 26.3 Å². The summed E-state index contributed by atoms with van der Waals surface area (Å²) in [7, 11) is -3.79. The van der Waals surface area contributed by atoms with Crippen LogP contribution in [0.3, 0.4) is 0 Å². The number of halogens is 4. The van der Waals surface area contributed by atoms with E-state index in [2.05, 4.69) is 20.4 Å². The number of primary sulfonamides is 1. The topological polar surface area (TPSA) is 106 Å². The Morgan fingerprint density at radius 3 is 2.35 bits per heavy atom. The molecule has 0 bridgehead atoms. The zero-order valence-corrected chi connectivity index (χ0v) is 19.8. The quantitative estimate of drug-likeness (QED) is 0.256. The van der Waals surface area contributed by atoms with Crippen LogP contribution in [-0.4, -0.2) is 33.7 Å². The van der Waals surface area contributed by atoms with Gasteiger partial charge >= 0.3 is 6.18 Å². The molecular weight excluding hydrogens is 548 g/mol. The Bertz CT molecular complexity index is 968. The second-order valence-corrected chi connectivity index (χ2v) is 7.85. The summed E-state index contributed by atoms with van der Waals surface area (Å²) in [6.45, 7) is 1.76. The van der Waals surface area contributed by atoms with Gasteiger partial charge in [-0.05, 0) is 42.3 Å². The molecule has 0 aliphatic carbocycles. The third-order valence-electron chi connectivity index (χ3n) is 3.78. The molecule has 0 aromatic heterocycles. The Kier molecular flexibility index (Phi) is 10.5.